The average Bonchev–Trinajstić information content (AvgIpc) is 1.97. The van der Waals surface area contributed by atoms with Gasteiger partial charge >= 0.3 is 0 Å². The third-order valence-corrected chi connectivity index (χ3v) is 2.27. The van der Waals surface area contributed by atoms with Crippen LogP contribution < -0.4 is 0 Å². The van der Waals surface area contributed by atoms with Crippen LogP contribution in [0.2, 0.25) is 0 Å². The largest absolute Gasteiger partial charge is 0.127 e. The SMILES string of the molecule is ClCCCC(Cl)CCCCl. The first-order chi connectivity index (χ1) is 4.81. The van der Waals surface area contributed by atoms with Crippen molar-refractivity contribution >= 4 is 34.8 Å². The summed E-state index contributed by atoms with van der Waals surface area (Å²) in [7, 11) is 0. The minimum absolute atomic E-state index is 0.275. The van der Waals surface area contributed by atoms with Gasteiger partial charge in [-0.3, -0.25) is 0 Å². The van der Waals surface area contributed by atoms with Crippen molar-refractivity contribution in [1.29, 1.82) is 0 Å². The van der Waals surface area contributed by atoms with Crippen molar-refractivity contribution < 1.29 is 0 Å². The maximum atomic E-state index is 5.92. The molecule has 0 aliphatic rings. The Morgan fingerprint density at radius 2 is 1.30 bits per heavy atom. The molecule has 0 aliphatic heterocycles. The second-order valence-corrected chi connectivity index (χ2v) is 3.63. The predicted octanol–water partition coefficient (Wildman–Crippen LogP) is 3.63. The van der Waals surface area contributed by atoms with Crippen LogP contribution in [-0.4, -0.2) is 17.1 Å². The van der Waals surface area contributed by atoms with E-state index in [0.717, 1.165) is 25.7 Å². The minimum Gasteiger partial charge on any atom is -0.127 e. The molecule has 0 spiro atoms. The molecule has 0 atom stereocenters. The molecule has 0 saturated carbocycles. The van der Waals surface area contributed by atoms with E-state index in [4.69, 9.17) is 34.8 Å². The zero-order valence-corrected chi connectivity index (χ0v) is 8.22. The zero-order valence-electron chi connectivity index (χ0n) is 5.95. The summed E-state index contributed by atoms with van der Waals surface area (Å²) < 4.78 is 0. The molecule has 62 valence electrons. The van der Waals surface area contributed by atoms with Crippen molar-refractivity contribution in [3.63, 3.8) is 0 Å². The third kappa shape index (κ3) is 6.98. The van der Waals surface area contributed by atoms with Crippen molar-refractivity contribution in [3.8, 4) is 0 Å². The highest BCUT2D eigenvalue weighted by molar-refractivity contribution is 6.21. The van der Waals surface area contributed by atoms with Crippen molar-refractivity contribution in [2.45, 2.75) is 31.1 Å². The normalized spacial score (nSPS) is 10.8. The van der Waals surface area contributed by atoms with Gasteiger partial charge in [0.1, 0.15) is 0 Å². The second-order valence-electron chi connectivity index (χ2n) is 2.26. The van der Waals surface area contributed by atoms with Crippen LogP contribution in [-0.2, 0) is 0 Å². The van der Waals surface area contributed by atoms with E-state index in [1.54, 1.807) is 0 Å². The van der Waals surface area contributed by atoms with E-state index < -0.39 is 0 Å². The van der Waals surface area contributed by atoms with E-state index in [1.165, 1.54) is 0 Å². The van der Waals surface area contributed by atoms with Gasteiger partial charge in [-0.2, -0.15) is 0 Å². The maximum absolute atomic E-state index is 5.92. The topological polar surface area (TPSA) is 0 Å². The van der Waals surface area contributed by atoms with Gasteiger partial charge in [-0.25, -0.2) is 0 Å². The fourth-order valence-electron chi connectivity index (χ4n) is 0.742. The van der Waals surface area contributed by atoms with Gasteiger partial charge in [-0.05, 0) is 25.7 Å². The van der Waals surface area contributed by atoms with Crippen molar-refractivity contribution in [1.82, 2.24) is 0 Å². The average molecular weight is 204 g/mol. The highest BCUT2D eigenvalue weighted by atomic mass is 35.5. The van der Waals surface area contributed by atoms with Gasteiger partial charge < -0.3 is 0 Å². The lowest BCUT2D eigenvalue weighted by Crippen LogP contribution is -1.98. The molecular weight excluding hydrogens is 190 g/mol. The van der Waals surface area contributed by atoms with E-state index in [2.05, 4.69) is 0 Å². The van der Waals surface area contributed by atoms with Crippen LogP contribution in [0.25, 0.3) is 0 Å². The summed E-state index contributed by atoms with van der Waals surface area (Å²) in [5, 5.41) is 0.275. The fourth-order valence-corrected chi connectivity index (χ4v) is 1.36. The Balaban J connectivity index is 3.00. The number of hydrogen-bond acceptors (Lipinski definition) is 0. The van der Waals surface area contributed by atoms with Crippen LogP contribution in [0, 0.1) is 0 Å². The Bertz CT molecular complexity index is 57.9. The maximum Gasteiger partial charge on any atom is 0.0336 e. The number of alkyl halides is 3. The molecule has 0 aromatic rings. The lowest BCUT2D eigenvalue weighted by atomic mass is 10.2. The molecular formula is C7H13Cl3. The monoisotopic (exact) mass is 202 g/mol. The first-order valence-electron chi connectivity index (χ1n) is 3.57. The van der Waals surface area contributed by atoms with Crippen LogP contribution in [0.4, 0.5) is 0 Å². The van der Waals surface area contributed by atoms with Gasteiger partial charge in [0.15, 0.2) is 0 Å². The fraction of sp³-hybridized carbons (Fsp3) is 1.00. The van der Waals surface area contributed by atoms with Crippen molar-refractivity contribution in [2.75, 3.05) is 11.8 Å². The Kier molecular flexibility index (Phi) is 8.66. The molecule has 0 fully saturated rings. The van der Waals surface area contributed by atoms with Crippen LogP contribution in [0.5, 0.6) is 0 Å². The standard InChI is InChI=1S/C7H13Cl3/c8-5-1-3-7(10)4-2-6-9/h7H,1-6H2. The van der Waals surface area contributed by atoms with Crippen LogP contribution >= 0.6 is 34.8 Å². The van der Waals surface area contributed by atoms with Crippen molar-refractivity contribution in [2.24, 2.45) is 0 Å². The van der Waals surface area contributed by atoms with E-state index >= 15 is 0 Å². The summed E-state index contributed by atoms with van der Waals surface area (Å²) in [6, 6.07) is 0. The molecule has 0 saturated heterocycles. The summed E-state index contributed by atoms with van der Waals surface area (Å²) in [6.45, 7) is 0. The molecule has 0 aromatic carbocycles. The minimum atomic E-state index is 0.275. The third-order valence-electron chi connectivity index (χ3n) is 1.30. The molecule has 10 heavy (non-hydrogen) atoms. The highest BCUT2D eigenvalue weighted by Gasteiger charge is 2.02. The van der Waals surface area contributed by atoms with E-state index in [-0.39, 0.29) is 5.38 Å². The van der Waals surface area contributed by atoms with Gasteiger partial charge in [0.05, 0.1) is 0 Å². The molecule has 0 heterocycles. The van der Waals surface area contributed by atoms with E-state index in [9.17, 15) is 0 Å². The van der Waals surface area contributed by atoms with Gasteiger partial charge in [0.2, 0.25) is 0 Å². The van der Waals surface area contributed by atoms with Gasteiger partial charge in [0, 0.05) is 17.1 Å². The van der Waals surface area contributed by atoms with Gasteiger partial charge in [-0.1, -0.05) is 0 Å². The van der Waals surface area contributed by atoms with E-state index in [1.807, 2.05) is 0 Å². The second kappa shape index (κ2) is 7.97. The summed E-state index contributed by atoms with van der Waals surface area (Å²) >= 11 is 16.9. The van der Waals surface area contributed by atoms with Gasteiger partial charge in [-0.15, -0.1) is 34.8 Å². The first-order valence-corrected chi connectivity index (χ1v) is 5.07. The summed E-state index contributed by atoms with van der Waals surface area (Å²) in [4.78, 5) is 0. The number of hydrogen-bond donors (Lipinski definition) is 0. The Morgan fingerprint density at radius 3 is 1.60 bits per heavy atom. The smallest absolute Gasteiger partial charge is 0.0336 e. The van der Waals surface area contributed by atoms with Crippen molar-refractivity contribution in [3.05, 3.63) is 0 Å². The molecule has 0 amide bonds. The predicted molar refractivity (Wildman–Crippen MR) is 49.5 cm³/mol. The highest BCUT2D eigenvalue weighted by Crippen LogP contribution is 2.12. The lowest BCUT2D eigenvalue weighted by molar-refractivity contribution is 0.669. The number of rotatable bonds is 6. The summed E-state index contributed by atoms with van der Waals surface area (Å²) in [6.07, 6.45) is 4.06. The summed E-state index contributed by atoms with van der Waals surface area (Å²) in [5.74, 6) is 1.42. The van der Waals surface area contributed by atoms with E-state index in [0.29, 0.717) is 11.8 Å². The molecule has 0 unspecified atom stereocenters. The molecule has 0 rings (SSSR count). The lowest BCUT2D eigenvalue weighted by Gasteiger charge is -2.05. The molecule has 3 heteroatoms. The van der Waals surface area contributed by atoms with Crippen LogP contribution in [0.3, 0.4) is 0 Å². The molecule has 0 nitrogen and oxygen atoms in total. The Hall–Kier alpha value is 0.870. The molecule has 0 aromatic heterocycles. The molecule has 0 aliphatic carbocycles. The Labute approximate surface area is 77.8 Å². The zero-order chi connectivity index (χ0) is 7.82. The van der Waals surface area contributed by atoms with Crippen LogP contribution in [0.15, 0.2) is 0 Å². The number of halogens is 3. The molecule has 0 N–H and O–H groups in total. The molecule has 0 radical (unpaired) electrons. The quantitative estimate of drug-likeness (QED) is 0.578. The van der Waals surface area contributed by atoms with Gasteiger partial charge in [0.25, 0.3) is 0 Å². The van der Waals surface area contributed by atoms with Crippen LogP contribution in [0.1, 0.15) is 25.7 Å². The molecule has 0 bridgehead atoms. The summed E-state index contributed by atoms with van der Waals surface area (Å²) in [5.41, 5.74) is 0. The Morgan fingerprint density at radius 1 is 0.900 bits per heavy atom. The first kappa shape index (κ1) is 10.9.